The molecule has 0 bridgehead atoms. The summed E-state index contributed by atoms with van der Waals surface area (Å²) in [4.78, 5) is 1.45. The summed E-state index contributed by atoms with van der Waals surface area (Å²) in [6.45, 7) is 4.26. The quantitative estimate of drug-likeness (QED) is 0.864. The van der Waals surface area contributed by atoms with E-state index in [-0.39, 0.29) is 6.10 Å². The van der Waals surface area contributed by atoms with Crippen molar-refractivity contribution in [1.29, 1.82) is 0 Å². The van der Waals surface area contributed by atoms with Gasteiger partial charge >= 0.3 is 0 Å². The van der Waals surface area contributed by atoms with E-state index in [1.807, 2.05) is 11.3 Å². The van der Waals surface area contributed by atoms with Crippen LogP contribution in [0.15, 0.2) is 15.9 Å². The van der Waals surface area contributed by atoms with Crippen molar-refractivity contribution in [1.82, 2.24) is 5.32 Å². The van der Waals surface area contributed by atoms with Crippen LogP contribution in [0.5, 0.6) is 0 Å². The maximum atomic E-state index is 9.71. The molecule has 0 amide bonds. The number of aliphatic hydroxyl groups is 1. The maximum Gasteiger partial charge on any atom is 0.0701 e. The lowest BCUT2D eigenvalue weighted by Gasteiger charge is -2.39. The molecule has 1 aromatic rings. The lowest BCUT2D eigenvalue weighted by Crippen LogP contribution is -2.40. The highest BCUT2D eigenvalue weighted by Crippen LogP contribution is 2.40. The van der Waals surface area contributed by atoms with Gasteiger partial charge < -0.3 is 10.4 Å². The van der Waals surface area contributed by atoms with E-state index in [9.17, 15) is 5.11 Å². The molecule has 0 unspecified atom stereocenters. The smallest absolute Gasteiger partial charge is 0.0701 e. The van der Waals surface area contributed by atoms with Crippen LogP contribution < -0.4 is 5.32 Å². The second kappa shape index (κ2) is 6.51. The van der Waals surface area contributed by atoms with E-state index in [1.165, 1.54) is 8.66 Å². The number of nitrogens with one attached hydrogen (secondary N) is 1. The van der Waals surface area contributed by atoms with Gasteiger partial charge in [-0.3, -0.25) is 0 Å². The van der Waals surface area contributed by atoms with Crippen LogP contribution in [0.1, 0.15) is 37.5 Å². The van der Waals surface area contributed by atoms with Crippen LogP contribution >= 0.6 is 27.3 Å². The fourth-order valence-electron chi connectivity index (χ4n) is 2.84. The van der Waals surface area contributed by atoms with E-state index in [0.717, 1.165) is 45.2 Å². The summed E-state index contributed by atoms with van der Waals surface area (Å²) in [5.41, 5.74) is 0.347. The number of hydrogen-bond donors (Lipinski definition) is 2. The Bertz CT molecular complexity index is 366. The highest BCUT2D eigenvalue weighted by Gasteiger charge is 2.34. The summed E-state index contributed by atoms with van der Waals surface area (Å²) in [7, 11) is 0. The average Bonchev–Trinajstić information content (AvgIpc) is 2.76. The van der Waals surface area contributed by atoms with Gasteiger partial charge in [0.05, 0.1) is 9.89 Å². The van der Waals surface area contributed by atoms with Crippen molar-refractivity contribution in [3.63, 3.8) is 0 Å². The van der Waals surface area contributed by atoms with Crippen molar-refractivity contribution in [2.24, 2.45) is 5.41 Å². The van der Waals surface area contributed by atoms with Crippen LogP contribution in [-0.4, -0.2) is 24.3 Å². The van der Waals surface area contributed by atoms with Crippen molar-refractivity contribution in [3.8, 4) is 0 Å². The third-order valence-corrected chi connectivity index (χ3v) is 5.57. The van der Waals surface area contributed by atoms with Gasteiger partial charge in [0.15, 0.2) is 0 Å². The number of halogens is 1. The summed E-state index contributed by atoms with van der Waals surface area (Å²) >= 11 is 5.38. The second-order valence-corrected chi connectivity index (χ2v) is 7.94. The minimum Gasteiger partial charge on any atom is -0.393 e. The molecule has 0 aliphatic heterocycles. The van der Waals surface area contributed by atoms with E-state index in [0.29, 0.717) is 5.41 Å². The number of aliphatic hydroxyl groups excluding tert-OH is 1. The van der Waals surface area contributed by atoms with Gasteiger partial charge in [-0.25, -0.2) is 0 Å². The zero-order valence-electron chi connectivity index (χ0n) is 10.9. The highest BCUT2D eigenvalue weighted by atomic mass is 79.9. The summed E-state index contributed by atoms with van der Waals surface area (Å²) in [5, 5.41) is 13.2. The number of hydrogen-bond acceptors (Lipinski definition) is 3. The molecule has 1 aliphatic carbocycles. The Kier molecular flexibility index (Phi) is 5.24. The largest absolute Gasteiger partial charge is 0.393 e. The molecule has 4 heteroatoms. The van der Waals surface area contributed by atoms with Crippen LogP contribution in [0.4, 0.5) is 0 Å². The van der Waals surface area contributed by atoms with Gasteiger partial charge in [0.1, 0.15) is 0 Å². The summed E-state index contributed by atoms with van der Waals surface area (Å²) in [6.07, 6.45) is 5.25. The first kappa shape index (κ1) is 14.5. The zero-order valence-corrected chi connectivity index (χ0v) is 13.3. The molecule has 0 saturated heterocycles. The molecule has 1 fully saturated rings. The van der Waals surface area contributed by atoms with Gasteiger partial charge in [0, 0.05) is 11.4 Å². The van der Waals surface area contributed by atoms with Gasteiger partial charge in [-0.1, -0.05) is 6.92 Å². The van der Waals surface area contributed by atoms with E-state index >= 15 is 0 Å². The summed E-state index contributed by atoms with van der Waals surface area (Å²) < 4.78 is 1.21. The third kappa shape index (κ3) is 3.80. The minimum absolute atomic E-state index is 0.0742. The van der Waals surface area contributed by atoms with Crippen molar-refractivity contribution in [3.05, 3.63) is 20.8 Å². The van der Waals surface area contributed by atoms with Gasteiger partial charge in [0.2, 0.25) is 0 Å². The molecule has 0 atom stereocenters. The lowest BCUT2D eigenvalue weighted by molar-refractivity contribution is 0.0625. The monoisotopic (exact) mass is 331 g/mol. The molecule has 0 aromatic carbocycles. The topological polar surface area (TPSA) is 32.3 Å². The van der Waals surface area contributed by atoms with Crippen LogP contribution in [0.25, 0.3) is 0 Å². The lowest BCUT2D eigenvalue weighted by atomic mass is 9.70. The molecule has 1 aliphatic rings. The van der Waals surface area contributed by atoms with Crippen molar-refractivity contribution in [2.75, 3.05) is 13.1 Å². The number of rotatable bonds is 5. The fraction of sp³-hybridized carbons (Fsp3) is 0.714. The molecular formula is C14H22BrNOS. The Morgan fingerprint density at radius 2 is 2.17 bits per heavy atom. The SMILES string of the molecule is CCNCC1(Cc2ccc(Br)s2)CCC(O)CC1. The van der Waals surface area contributed by atoms with Gasteiger partial charge in [-0.2, -0.15) is 0 Å². The average molecular weight is 332 g/mol. The van der Waals surface area contributed by atoms with Gasteiger partial charge in [0.25, 0.3) is 0 Å². The molecule has 102 valence electrons. The Morgan fingerprint density at radius 3 is 2.72 bits per heavy atom. The summed E-state index contributed by atoms with van der Waals surface area (Å²) in [5.74, 6) is 0. The predicted octanol–water partition coefficient (Wildman–Crippen LogP) is 3.58. The van der Waals surface area contributed by atoms with Crippen LogP contribution in [-0.2, 0) is 6.42 Å². The predicted molar refractivity (Wildman–Crippen MR) is 81.2 cm³/mol. The first-order chi connectivity index (χ1) is 8.63. The standard InChI is InChI=1S/C14H22BrNOS/c1-2-16-10-14(7-5-11(17)6-8-14)9-12-3-4-13(15)18-12/h3-4,11,16-17H,2,5-10H2,1H3. The fourth-order valence-corrected chi connectivity index (χ4v) is 4.49. The highest BCUT2D eigenvalue weighted by molar-refractivity contribution is 9.11. The van der Waals surface area contributed by atoms with Crippen molar-refractivity contribution >= 4 is 27.3 Å². The van der Waals surface area contributed by atoms with Gasteiger partial charge in [-0.05, 0) is 72.1 Å². The van der Waals surface area contributed by atoms with E-state index in [1.54, 1.807) is 0 Å². The number of thiophene rings is 1. The molecule has 18 heavy (non-hydrogen) atoms. The zero-order chi connectivity index (χ0) is 13.0. The third-order valence-electron chi connectivity index (χ3n) is 3.94. The first-order valence-electron chi connectivity index (χ1n) is 6.76. The second-order valence-electron chi connectivity index (χ2n) is 5.39. The van der Waals surface area contributed by atoms with E-state index in [2.05, 4.69) is 40.3 Å². The van der Waals surface area contributed by atoms with Crippen LogP contribution in [0.2, 0.25) is 0 Å². The molecule has 0 radical (unpaired) electrons. The van der Waals surface area contributed by atoms with Gasteiger partial charge in [-0.15, -0.1) is 11.3 Å². The summed E-state index contributed by atoms with van der Waals surface area (Å²) in [6, 6.07) is 4.37. The molecule has 2 rings (SSSR count). The Hall–Kier alpha value is 0.1000. The Labute approximate surface area is 122 Å². The Morgan fingerprint density at radius 1 is 1.44 bits per heavy atom. The van der Waals surface area contributed by atoms with Crippen LogP contribution in [0.3, 0.4) is 0 Å². The van der Waals surface area contributed by atoms with Crippen molar-refractivity contribution < 1.29 is 5.11 Å². The molecule has 1 heterocycles. The van der Waals surface area contributed by atoms with Crippen molar-refractivity contribution in [2.45, 2.75) is 45.1 Å². The molecule has 0 spiro atoms. The molecule has 1 aromatic heterocycles. The Balaban J connectivity index is 2.04. The minimum atomic E-state index is -0.0742. The molecular weight excluding hydrogens is 310 g/mol. The van der Waals surface area contributed by atoms with E-state index < -0.39 is 0 Å². The normalized spacial score (nSPS) is 28.5. The first-order valence-corrected chi connectivity index (χ1v) is 8.37. The molecule has 2 nitrogen and oxygen atoms in total. The van der Waals surface area contributed by atoms with Crippen LogP contribution in [0, 0.1) is 5.41 Å². The molecule has 2 N–H and O–H groups in total. The maximum absolute atomic E-state index is 9.71. The molecule has 1 saturated carbocycles. The van der Waals surface area contributed by atoms with E-state index in [4.69, 9.17) is 0 Å².